The largest absolute Gasteiger partial charge is 0.446 e. The summed E-state index contributed by atoms with van der Waals surface area (Å²) in [5.41, 5.74) is 1.19. The van der Waals surface area contributed by atoms with Crippen LogP contribution in [0.25, 0.3) is 11.6 Å². The van der Waals surface area contributed by atoms with Crippen LogP contribution in [0.5, 0.6) is 0 Å². The number of halogens is 2. The predicted octanol–water partition coefficient (Wildman–Crippen LogP) is 4.78. The van der Waals surface area contributed by atoms with Gasteiger partial charge in [0.25, 0.3) is 0 Å². The first-order chi connectivity index (χ1) is 10.1. The Kier molecular flexibility index (Phi) is 4.37. The Balaban J connectivity index is 1.75. The molecule has 1 aromatic carbocycles. The van der Waals surface area contributed by atoms with Crippen LogP contribution < -0.4 is 0 Å². The second-order valence-corrected chi connectivity index (χ2v) is 6.54. The maximum Gasteiger partial charge on any atom is 0.200 e. The van der Waals surface area contributed by atoms with Crippen molar-refractivity contribution in [1.29, 1.82) is 0 Å². The van der Waals surface area contributed by atoms with Crippen molar-refractivity contribution in [3.05, 3.63) is 51.7 Å². The van der Waals surface area contributed by atoms with Gasteiger partial charge in [0.05, 0.1) is 0 Å². The van der Waals surface area contributed by atoms with E-state index in [4.69, 9.17) is 16.0 Å². The summed E-state index contributed by atoms with van der Waals surface area (Å²) in [6.07, 6.45) is 0. The van der Waals surface area contributed by atoms with E-state index in [1.807, 2.05) is 48.0 Å². The van der Waals surface area contributed by atoms with Crippen LogP contribution in [0.1, 0.15) is 5.56 Å². The lowest BCUT2D eigenvalue weighted by Gasteiger charge is -2.02. The summed E-state index contributed by atoms with van der Waals surface area (Å²) in [5, 5.41) is 9.97. The summed E-state index contributed by atoms with van der Waals surface area (Å²) in [5.74, 6) is 2.21. The van der Waals surface area contributed by atoms with Gasteiger partial charge in [0.2, 0.25) is 0 Å². The van der Waals surface area contributed by atoms with Crippen LogP contribution >= 0.6 is 39.3 Å². The summed E-state index contributed by atoms with van der Waals surface area (Å²) in [6.45, 7) is 0. The van der Waals surface area contributed by atoms with Gasteiger partial charge in [-0.3, -0.25) is 0 Å². The van der Waals surface area contributed by atoms with Gasteiger partial charge in [-0.05, 0) is 45.8 Å². The molecule has 0 atom stereocenters. The molecule has 0 aliphatic carbocycles. The van der Waals surface area contributed by atoms with E-state index in [-0.39, 0.29) is 0 Å². The zero-order valence-corrected chi connectivity index (χ0v) is 14.2. The van der Waals surface area contributed by atoms with Gasteiger partial charge >= 0.3 is 0 Å². The topological polar surface area (TPSA) is 43.9 Å². The van der Waals surface area contributed by atoms with Gasteiger partial charge in [0.1, 0.15) is 0 Å². The van der Waals surface area contributed by atoms with Crippen LogP contribution in [0.4, 0.5) is 0 Å². The maximum atomic E-state index is 5.88. The summed E-state index contributed by atoms with van der Waals surface area (Å²) in [4.78, 5) is 0. The number of benzene rings is 1. The van der Waals surface area contributed by atoms with Crippen LogP contribution in [-0.4, -0.2) is 14.8 Å². The Morgan fingerprint density at radius 2 is 1.95 bits per heavy atom. The van der Waals surface area contributed by atoms with E-state index >= 15 is 0 Å². The molecule has 0 bridgehead atoms. The molecule has 3 rings (SSSR count). The number of furan rings is 1. The molecule has 0 aliphatic heterocycles. The molecule has 108 valence electrons. The minimum atomic E-state index is 0.677. The van der Waals surface area contributed by atoms with E-state index in [1.165, 1.54) is 5.56 Å². The molecule has 0 radical (unpaired) electrons. The van der Waals surface area contributed by atoms with Crippen molar-refractivity contribution in [3.8, 4) is 11.6 Å². The molecular weight excluding hydrogens is 374 g/mol. The highest BCUT2D eigenvalue weighted by atomic mass is 79.9. The summed E-state index contributed by atoms with van der Waals surface area (Å²) in [7, 11) is 1.93. The summed E-state index contributed by atoms with van der Waals surface area (Å²) < 4.78 is 8.11. The number of nitrogens with zero attached hydrogens (tertiary/aromatic N) is 3. The SMILES string of the molecule is Cn1c(SCc2ccc(Cl)cc2)nnc1-c1ccc(Br)o1. The van der Waals surface area contributed by atoms with E-state index in [0.29, 0.717) is 16.3 Å². The van der Waals surface area contributed by atoms with Gasteiger partial charge in [-0.25, -0.2) is 0 Å². The average Bonchev–Trinajstić information content (AvgIpc) is 3.05. The highest BCUT2D eigenvalue weighted by Gasteiger charge is 2.14. The molecule has 0 saturated carbocycles. The van der Waals surface area contributed by atoms with Crippen molar-refractivity contribution in [2.24, 2.45) is 7.05 Å². The molecule has 3 aromatic rings. The Hall–Kier alpha value is -1.24. The third-order valence-electron chi connectivity index (χ3n) is 2.91. The molecule has 7 heteroatoms. The lowest BCUT2D eigenvalue weighted by Crippen LogP contribution is -1.94. The Morgan fingerprint density at radius 1 is 1.19 bits per heavy atom. The highest BCUT2D eigenvalue weighted by Crippen LogP contribution is 2.27. The monoisotopic (exact) mass is 383 g/mol. The van der Waals surface area contributed by atoms with E-state index in [2.05, 4.69) is 26.1 Å². The van der Waals surface area contributed by atoms with Gasteiger partial charge in [-0.15, -0.1) is 10.2 Å². The quantitative estimate of drug-likeness (QED) is 0.607. The van der Waals surface area contributed by atoms with Crippen LogP contribution in [0.3, 0.4) is 0 Å². The molecule has 0 unspecified atom stereocenters. The molecular formula is C14H11BrClN3OS. The van der Waals surface area contributed by atoms with E-state index < -0.39 is 0 Å². The van der Waals surface area contributed by atoms with Crippen LogP contribution in [0, 0.1) is 0 Å². The normalized spacial score (nSPS) is 11.0. The van der Waals surface area contributed by atoms with E-state index in [0.717, 1.165) is 15.9 Å². The lowest BCUT2D eigenvalue weighted by molar-refractivity contribution is 0.547. The Labute approximate surface area is 139 Å². The first kappa shape index (κ1) is 14.7. The zero-order valence-electron chi connectivity index (χ0n) is 11.1. The minimum Gasteiger partial charge on any atom is -0.446 e. The summed E-state index contributed by atoms with van der Waals surface area (Å²) >= 11 is 10.8. The zero-order chi connectivity index (χ0) is 14.8. The number of hydrogen-bond donors (Lipinski definition) is 0. The minimum absolute atomic E-state index is 0.677. The summed E-state index contributed by atoms with van der Waals surface area (Å²) in [6, 6.07) is 11.5. The van der Waals surface area contributed by atoms with Crippen LogP contribution in [-0.2, 0) is 12.8 Å². The standard InChI is InChI=1S/C14H11BrClN3OS/c1-19-13(11-6-7-12(15)20-11)17-18-14(19)21-8-9-2-4-10(16)5-3-9/h2-7H,8H2,1H3. The third-order valence-corrected chi connectivity index (χ3v) is 4.68. The van der Waals surface area contributed by atoms with Crippen LogP contribution in [0.15, 0.2) is 50.6 Å². The maximum absolute atomic E-state index is 5.88. The van der Waals surface area contributed by atoms with E-state index in [9.17, 15) is 0 Å². The Morgan fingerprint density at radius 3 is 2.62 bits per heavy atom. The highest BCUT2D eigenvalue weighted by molar-refractivity contribution is 9.10. The molecule has 0 spiro atoms. The first-order valence-electron chi connectivity index (χ1n) is 6.16. The number of hydrogen-bond acceptors (Lipinski definition) is 4. The van der Waals surface area contributed by atoms with Gasteiger partial charge in [0, 0.05) is 17.8 Å². The van der Waals surface area contributed by atoms with Crippen molar-refractivity contribution in [1.82, 2.24) is 14.8 Å². The van der Waals surface area contributed by atoms with Gasteiger partial charge in [-0.2, -0.15) is 0 Å². The second kappa shape index (κ2) is 6.25. The molecule has 0 fully saturated rings. The molecule has 2 heterocycles. The molecule has 2 aromatic heterocycles. The molecule has 0 N–H and O–H groups in total. The predicted molar refractivity (Wildman–Crippen MR) is 87.4 cm³/mol. The van der Waals surface area contributed by atoms with Gasteiger partial charge in [0.15, 0.2) is 21.4 Å². The molecule has 0 aliphatic rings. The van der Waals surface area contributed by atoms with Crippen molar-refractivity contribution < 1.29 is 4.42 Å². The fourth-order valence-electron chi connectivity index (χ4n) is 1.82. The van der Waals surface area contributed by atoms with Gasteiger partial charge in [-0.1, -0.05) is 35.5 Å². The van der Waals surface area contributed by atoms with Crippen molar-refractivity contribution in [3.63, 3.8) is 0 Å². The van der Waals surface area contributed by atoms with Crippen LogP contribution in [0.2, 0.25) is 5.02 Å². The molecule has 4 nitrogen and oxygen atoms in total. The second-order valence-electron chi connectivity index (χ2n) is 4.38. The number of thioether (sulfide) groups is 1. The van der Waals surface area contributed by atoms with Crippen molar-refractivity contribution in [2.45, 2.75) is 10.9 Å². The lowest BCUT2D eigenvalue weighted by atomic mass is 10.2. The average molecular weight is 385 g/mol. The fraction of sp³-hybridized carbons (Fsp3) is 0.143. The fourth-order valence-corrected chi connectivity index (χ4v) is 3.12. The van der Waals surface area contributed by atoms with Crippen molar-refractivity contribution in [2.75, 3.05) is 0 Å². The molecule has 0 amide bonds. The molecule has 21 heavy (non-hydrogen) atoms. The number of rotatable bonds is 4. The third kappa shape index (κ3) is 3.33. The van der Waals surface area contributed by atoms with Crippen molar-refractivity contribution >= 4 is 39.3 Å². The van der Waals surface area contributed by atoms with Gasteiger partial charge < -0.3 is 8.98 Å². The first-order valence-corrected chi connectivity index (χ1v) is 8.31. The van der Waals surface area contributed by atoms with E-state index in [1.54, 1.807) is 11.8 Å². The Bertz CT molecular complexity index is 754. The number of aromatic nitrogens is 3. The molecule has 0 saturated heterocycles. The smallest absolute Gasteiger partial charge is 0.200 e.